The predicted octanol–water partition coefficient (Wildman–Crippen LogP) is 2.67. The molecule has 140 valence electrons. The largest absolute Gasteiger partial charge is 0.461 e. The van der Waals surface area contributed by atoms with E-state index in [9.17, 15) is 4.79 Å². The summed E-state index contributed by atoms with van der Waals surface area (Å²) in [6.07, 6.45) is 6.87. The lowest BCUT2D eigenvalue weighted by Crippen LogP contribution is -2.43. The minimum atomic E-state index is -0.299. The van der Waals surface area contributed by atoms with Crippen LogP contribution in [0.15, 0.2) is 28.0 Å². The van der Waals surface area contributed by atoms with Crippen molar-refractivity contribution in [2.75, 3.05) is 5.84 Å². The van der Waals surface area contributed by atoms with Crippen molar-refractivity contribution in [3.63, 3.8) is 0 Å². The third-order valence-corrected chi connectivity index (χ3v) is 6.92. The molecule has 2 heterocycles. The van der Waals surface area contributed by atoms with Gasteiger partial charge < -0.3 is 15.6 Å². The summed E-state index contributed by atoms with van der Waals surface area (Å²) in [5, 5.41) is 11.6. The lowest BCUT2D eigenvalue weighted by Gasteiger charge is -2.29. The van der Waals surface area contributed by atoms with Gasteiger partial charge in [-0.1, -0.05) is 18.2 Å². The van der Waals surface area contributed by atoms with E-state index in [2.05, 4.69) is 22.4 Å². The highest BCUT2D eigenvalue weighted by Gasteiger charge is 2.42. The first kappa shape index (κ1) is 17.5. The fourth-order valence-electron chi connectivity index (χ4n) is 4.50. The maximum Gasteiger partial charge on any atom is 0.233 e. The number of carbonyl (C=O) groups is 1. The van der Waals surface area contributed by atoms with Crippen molar-refractivity contribution in [3.8, 4) is 11.6 Å². The van der Waals surface area contributed by atoms with E-state index in [4.69, 9.17) is 10.3 Å². The second kappa shape index (κ2) is 6.98. The maximum absolute atomic E-state index is 12.6. The van der Waals surface area contributed by atoms with Gasteiger partial charge in [0.2, 0.25) is 16.9 Å². The van der Waals surface area contributed by atoms with Crippen molar-refractivity contribution < 1.29 is 9.21 Å². The molecular formula is C18H25N5O2S. The minimum absolute atomic E-state index is 0.0211. The second-order valence-corrected chi connectivity index (χ2v) is 8.86. The lowest BCUT2D eigenvalue weighted by atomic mass is 9.84. The highest BCUT2D eigenvalue weighted by atomic mass is 32.2. The summed E-state index contributed by atoms with van der Waals surface area (Å²) in [7, 11) is 0. The number of hydrogen-bond acceptors (Lipinski definition) is 6. The van der Waals surface area contributed by atoms with Gasteiger partial charge >= 0.3 is 0 Å². The van der Waals surface area contributed by atoms with E-state index in [1.807, 2.05) is 6.92 Å². The van der Waals surface area contributed by atoms with E-state index < -0.39 is 0 Å². The average molecular weight is 375 g/mol. The van der Waals surface area contributed by atoms with E-state index in [0.717, 1.165) is 11.8 Å². The molecule has 26 heavy (non-hydrogen) atoms. The minimum Gasteiger partial charge on any atom is -0.461 e. The molecule has 7 nitrogen and oxygen atoms in total. The molecule has 2 aliphatic carbocycles. The molecule has 2 aliphatic rings. The number of nitrogens with two attached hydrogens (primary N) is 1. The molecule has 2 fully saturated rings. The van der Waals surface area contributed by atoms with Crippen LogP contribution in [0.2, 0.25) is 0 Å². The summed E-state index contributed by atoms with van der Waals surface area (Å²) in [5.74, 6) is 9.38. The summed E-state index contributed by atoms with van der Waals surface area (Å²) in [5.41, 5.74) is 0. The molecule has 0 spiro atoms. The van der Waals surface area contributed by atoms with Crippen LogP contribution in [0.4, 0.5) is 0 Å². The molecule has 0 saturated heterocycles. The van der Waals surface area contributed by atoms with Crippen LogP contribution in [0.5, 0.6) is 0 Å². The van der Waals surface area contributed by atoms with E-state index in [1.54, 1.807) is 18.4 Å². The third kappa shape index (κ3) is 3.22. The van der Waals surface area contributed by atoms with Crippen LogP contribution < -0.4 is 11.2 Å². The zero-order chi connectivity index (χ0) is 18.3. The van der Waals surface area contributed by atoms with Crippen molar-refractivity contribution in [3.05, 3.63) is 18.4 Å². The molecule has 1 amide bonds. The molecule has 5 unspecified atom stereocenters. The molecule has 0 aliphatic heterocycles. The smallest absolute Gasteiger partial charge is 0.233 e. The van der Waals surface area contributed by atoms with Crippen LogP contribution in [0.3, 0.4) is 0 Å². The highest BCUT2D eigenvalue weighted by molar-refractivity contribution is 8.00. The average Bonchev–Trinajstić information content (AvgIpc) is 3.40. The number of amides is 1. The number of nitrogen functional groups attached to an aromatic ring is 1. The quantitative estimate of drug-likeness (QED) is 0.595. The fourth-order valence-corrected chi connectivity index (χ4v) is 5.28. The van der Waals surface area contributed by atoms with E-state index in [1.165, 1.54) is 42.1 Å². The predicted molar refractivity (Wildman–Crippen MR) is 99.7 cm³/mol. The van der Waals surface area contributed by atoms with Crippen molar-refractivity contribution >= 4 is 17.7 Å². The third-order valence-electron chi connectivity index (χ3n) is 5.86. The van der Waals surface area contributed by atoms with Gasteiger partial charge in [0, 0.05) is 6.04 Å². The summed E-state index contributed by atoms with van der Waals surface area (Å²) in [4.78, 5) is 12.6. The number of nitrogens with zero attached hydrogens (tertiary/aromatic N) is 3. The Balaban J connectivity index is 1.36. The van der Waals surface area contributed by atoms with Crippen LogP contribution in [0.25, 0.3) is 11.6 Å². The van der Waals surface area contributed by atoms with Crippen LogP contribution >= 0.6 is 11.8 Å². The number of fused-ring (bicyclic) bond motifs is 2. The SMILES string of the molecule is CC(Sc1nnc(-c2ccco2)n1N)C(=O)NC(C)C1CC2CCC1C2. The normalized spacial score (nSPS) is 26.8. The lowest BCUT2D eigenvalue weighted by molar-refractivity contribution is -0.121. The molecule has 2 bridgehead atoms. The van der Waals surface area contributed by atoms with Crippen molar-refractivity contribution in [1.82, 2.24) is 20.2 Å². The molecule has 2 aromatic heterocycles. The molecule has 0 radical (unpaired) electrons. The Morgan fingerprint density at radius 2 is 2.23 bits per heavy atom. The Kier molecular flexibility index (Phi) is 4.69. The highest BCUT2D eigenvalue weighted by Crippen LogP contribution is 2.49. The number of aromatic nitrogens is 3. The molecule has 2 saturated carbocycles. The maximum atomic E-state index is 12.6. The van der Waals surface area contributed by atoms with Gasteiger partial charge in [0.1, 0.15) is 0 Å². The molecular weight excluding hydrogens is 350 g/mol. The van der Waals surface area contributed by atoms with Gasteiger partial charge in [0.25, 0.3) is 0 Å². The van der Waals surface area contributed by atoms with Crippen molar-refractivity contribution in [2.45, 2.75) is 56.0 Å². The van der Waals surface area contributed by atoms with Gasteiger partial charge in [-0.3, -0.25) is 4.79 Å². The molecule has 0 aromatic carbocycles. The second-order valence-electron chi connectivity index (χ2n) is 7.55. The first-order valence-electron chi connectivity index (χ1n) is 9.24. The monoisotopic (exact) mass is 375 g/mol. The Labute approximate surface area is 157 Å². The molecule has 5 atom stereocenters. The number of thioether (sulfide) groups is 1. The number of hydrogen-bond donors (Lipinski definition) is 2. The zero-order valence-corrected chi connectivity index (χ0v) is 15.9. The van der Waals surface area contributed by atoms with E-state index >= 15 is 0 Å². The number of nitrogens with one attached hydrogen (secondary N) is 1. The first-order valence-corrected chi connectivity index (χ1v) is 10.1. The first-order chi connectivity index (χ1) is 12.5. The van der Waals surface area contributed by atoms with Crippen LogP contribution in [0, 0.1) is 17.8 Å². The van der Waals surface area contributed by atoms with Crippen molar-refractivity contribution in [1.29, 1.82) is 0 Å². The van der Waals surface area contributed by atoms with Gasteiger partial charge in [0.05, 0.1) is 11.5 Å². The van der Waals surface area contributed by atoms with Crippen LogP contribution in [-0.2, 0) is 4.79 Å². The number of carbonyl (C=O) groups excluding carboxylic acids is 1. The summed E-state index contributed by atoms with van der Waals surface area (Å²) in [6.45, 7) is 4.01. The molecule has 3 N–H and O–H groups in total. The Morgan fingerprint density at radius 1 is 1.38 bits per heavy atom. The van der Waals surface area contributed by atoms with Crippen LogP contribution in [-0.4, -0.2) is 32.1 Å². The number of furan rings is 1. The van der Waals surface area contributed by atoms with Gasteiger partial charge in [-0.2, -0.15) is 0 Å². The molecule has 4 rings (SSSR count). The standard InChI is InChI=1S/C18H25N5O2S/c1-10(14-9-12-5-6-13(14)8-12)20-17(24)11(2)26-18-22-21-16(23(18)19)15-4-3-7-25-15/h3-4,7,10-14H,5-6,8-9,19H2,1-2H3,(H,20,24). The van der Waals surface area contributed by atoms with Gasteiger partial charge in [-0.15, -0.1) is 10.2 Å². The summed E-state index contributed by atoms with van der Waals surface area (Å²) < 4.78 is 6.68. The molecule has 8 heteroatoms. The van der Waals surface area contributed by atoms with E-state index in [0.29, 0.717) is 22.7 Å². The number of rotatable bonds is 6. The van der Waals surface area contributed by atoms with Crippen LogP contribution in [0.1, 0.15) is 39.5 Å². The topological polar surface area (TPSA) is 99.0 Å². The Morgan fingerprint density at radius 3 is 2.88 bits per heavy atom. The Hall–Kier alpha value is -1.96. The summed E-state index contributed by atoms with van der Waals surface area (Å²) in [6, 6.07) is 3.76. The fraction of sp³-hybridized carbons (Fsp3) is 0.611. The Bertz CT molecular complexity index is 775. The van der Waals surface area contributed by atoms with Gasteiger partial charge in [0.15, 0.2) is 5.76 Å². The zero-order valence-electron chi connectivity index (χ0n) is 15.1. The van der Waals surface area contributed by atoms with Crippen molar-refractivity contribution in [2.24, 2.45) is 17.8 Å². The molecule has 2 aromatic rings. The summed E-state index contributed by atoms with van der Waals surface area (Å²) >= 11 is 1.31. The van der Waals surface area contributed by atoms with E-state index in [-0.39, 0.29) is 17.2 Å². The van der Waals surface area contributed by atoms with Gasteiger partial charge in [-0.25, -0.2) is 4.68 Å². The van der Waals surface area contributed by atoms with Gasteiger partial charge in [-0.05, 0) is 63.0 Å².